The van der Waals surface area contributed by atoms with Crippen LogP contribution in [0.1, 0.15) is 17.4 Å². The van der Waals surface area contributed by atoms with Gasteiger partial charge < -0.3 is 5.73 Å². The Hall–Kier alpha value is -1.61. The molecular weight excluding hydrogens is 204 g/mol. The summed E-state index contributed by atoms with van der Waals surface area (Å²) in [7, 11) is 0. The van der Waals surface area contributed by atoms with Crippen LogP contribution >= 0.6 is 11.3 Å². The standard InChI is InChI=1S/C12H12N2S/c1-2-3-11-9(4-6-13)10-5-7-14-8-12(10)15-11/h2-8H,13H2,1H3/b3-2+,6-4-. The molecule has 2 N–H and O–H groups in total. The minimum Gasteiger partial charge on any atom is -0.405 e. The molecule has 2 nitrogen and oxygen atoms in total. The van der Waals surface area contributed by atoms with E-state index in [1.807, 2.05) is 37.5 Å². The molecule has 0 fully saturated rings. The van der Waals surface area contributed by atoms with Crippen LogP contribution < -0.4 is 5.73 Å². The number of allylic oxidation sites excluding steroid dienone is 1. The molecule has 0 bridgehead atoms. The van der Waals surface area contributed by atoms with Crippen molar-refractivity contribution in [3.05, 3.63) is 41.2 Å². The third-order valence-electron chi connectivity index (χ3n) is 2.14. The summed E-state index contributed by atoms with van der Waals surface area (Å²) in [4.78, 5) is 5.34. The SMILES string of the molecule is C/C=C/c1sc2cnccc2c1/C=C\N. The van der Waals surface area contributed by atoms with Gasteiger partial charge >= 0.3 is 0 Å². The van der Waals surface area contributed by atoms with E-state index in [0.29, 0.717) is 0 Å². The zero-order valence-corrected chi connectivity index (χ0v) is 9.29. The maximum absolute atomic E-state index is 5.46. The van der Waals surface area contributed by atoms with Crippen molar-refractivity contribution >= 4 is 33.6 Å². The Morgan fingerprint density at radius 2 is 2.27 bits per heavy atom. The third-order valence-corrected chi connectivity index (χ3v) is 3.26. The van der Waals surface area contributed by atoms with Crippen LogP contribution in [0.4, 0.5) is 0 Å². The summed E-state index contributed by atoms with van der Waals surface area (Å²) in [5, 5.41) is 1.21. The summed E-state index contributed by atoms with van der Waals surface area (Å²) in [5.41, 5.74) is 6.64. The van der Waals surface area contributed by atoms with Gasteiger partial charge in [-0.05, 0) is 31.3 Å². The summed E-state index contributed by atoms with van der Waals surface area (Å²) in [5.74, 6) is 0. The van der Waals surface area contributed by atoms with Crippen molar-refractivity contribution in [2.45, 2.75) is 6.92 Å². The number of rotatable bonds is 2. The van der Waals surface area contributed by atoms with E-state index in [1.165, 1.54) is 20.5 Å². The minimum atomic E-state index is 1.18. The zero-order valence-electron chi connectivity index (χ0n) is 8.47. The Labute approximate surface area is 92.8 Å². The van der Waals surface area contributed by atoms with Gasteiger partial charge in [0, 0.05) is 28.2 Å². The molecule has 2 rings (SSSR count). The number of nitrogens with zero attached hydrogens (tertiary/aromatic N) is 1. The highest BCUT2D eigenvalue weighted by Crippen LogP contribution is 2.32. The molecule has 0 unspecified atom stereocenters. The Kier molecular flexibility index (Phi) is 2.83. The molecule has 0 radical (unpaired) electrons. The molecule has 0 aromatic carbocycles. The molecule has 76 valence electrons. The van der Waals surface area contributed by atoms with Crippen LogP contribution in [0.2, 0.25) is 0 Å². The fraction of sp³-hybridized carbons (Fsp3) is 0.0833. The van der Waals surface area contributed by atoms with Crippen LogP contribution in [0.5, 0.6) is 0 Å². The van der Waals surface area contributed by atoms with Gasteiger partial charge in [-0.2, -0.15) is 0 Å². The lowest BCUT2D eigenvalue weighted by atomic mass is 10.1. The number of hydrogen-bond acceptors (Lipinski definition) is 3. The van der Waals surface area contributed by atoms with Gasteiger partial charge in [0.05, 0.1) is 4.70 Å². The van der Waals surface area contributed by atoms with E-state index in [9.17, 15) is 0 Å². The number of nitrogens with two attached hydrogens (primary N) is 1. The second-order valence-electron chi connectivity index (χ2n) is 3.11. The van der Waals surface area contributed by atoms with Gasteiger partial charge in [-0.1, -0.05) is 6.08 Å². The number of fused-ring (bicyclic) bond motifs is 1. The summed E-state index contributed by atoms with van der Waals surface area (Å²) in [6, 6.07) is 2.02. The second-order valence-corrected chi connectivity index (χ2v) is 4.19. The fourth-order valence-corrected chi connectivity index (χ4v) is 2.66. The lowest BCUT2D eigenvalue weighted by Gasteiger charge is -1.92. The molecule has 0 spiro atoms. The van der Waals surface area contributed by atoms with Gasteiger partial charge in [-0.3, -0.25) is 4.98 Å². The van der Waals surface area contributed by atoms with Crippen molar-refractivity contribution in [1.82, 2.24) is 4.98 Å². The predicted octanol–water partition coefficient (Wildman–Crippen LogP) is 3.26. The highest BCUT2D eigenvalue weighted by atomic mass is 32.1. The number of aromatic nitrogens is 1. The number of hydrogen-bond donors (Lipinski definition) is 1. The average Bonchev–Trinajstić information content (AvgIpc) is 2.59. The maximum atomic E-state index is 5.46. The molecule has 0 saturated carbocycles. The highest BCUT2D eigenvalue weighted by molar-refractivity contribution is 7.20. The monoisotopic (exact) mass is 216 g/mol. The second kappa shape index (κ2) is 4.28. The predicted molar refractivity (Wildman–Crippen MR) is 67.5 cm³/mol. The van der Waals surface area contributed by atoms with E-state index in [-0.39, 0.29) is 0 Å². The molecule has 0 aliphatic carbocycles. The lowest BCUT2D eigenvalue weighted by Crippen LogP contribution is -1.78. The Morgan fingerprint density at radius 3 is 3.00 bits per heavy atom. The van der Waals surface area contributed by atoms with Gasteiger partial charge in [0.15, 0.2) is 0 Å². The Bertz CT molecular complexity index is 523. The van der Waals surface area contributed by atoms with Gasteiger partial charge in [0.2, 0.25) is 0 Å². The minimum absolute atomic E-state index is 1.18. The summed E-state index contributed by atoms with van der Waals surface area (Å²) < 4.78 is 1.19. The quantitative estimate of drug-likeness (QED) is 0.836. The molecule has 3 heteroatoms. The first-order chi connectivity index (χ1) is 7.36. The molecule has 0 aliphatic heterocycles. The van der Waals surface area contributed by atoms with Crippen molar-refractivity contribution in [2.24, 2.45) is 5.73 Å². The molecule has 2 heterocycles. The summed E-state index contributed by atoms with van der Waals surface area (Å²) in [6.07, 6.45) is 11.3. The number of pyridine rings is 1. The largest absolute Gasteiger partial charge is 0.405 e. The molecular formula is C12H12N2S. The van der Waals surface area contributed by atoms with E-state index in [0.717, 1.165) is 0 Å². The number of thiophene rings is 1. The van der Waals surface area contributed by atoms with Crippen molar-refractivity contribution in [3.8, 4) is 0 Å². The van der Waals surface area contributed by atoms with Crippen molar-refractivity contribution in [3.63, 3.8) is 0 Å². The van der Waals surface area contributed by atoms with Gasteiger partial charge in [-0.25, -0.2) is 0 Å². The van der Waals surface area contributed by atoms with Gasteiger partial charge in [-0.15, -0.1) is 11.3 Å². The van der Waals surface area contributed by atoms with Gasteiger partial charge in [0.25, 0.3) is 0 Å². The van der Waals surface area contributed by atoms with E-state index in [2.05, 4.69) is 11.1 Å². The van der Waals surface area contributed by atoms with E-state index >= 15 is 0 Å². The van der Waals surface area contributed by atoms with Crippen molar-refractivity contribution < 1.29 is 0 Å². The maximum Gasteiger partial charge on any atom is 0.0538 e. The van der Waals surface area contributed by atoms with Crippen LogP contribution in [-0.2, 0) is 0 Å². The molecule has 0 atom stereocenters. The molecule has 0 saturated heterocycles. The zero-order chi connectivity index (χ0) is 10.7. The molecule has 15 heavy (non-hydrogen) atoms. The first kappa shape index (κ1) is 9.93. The van der Waals surface area contributed by atoms with E-state index in [1.54, 1.807) is 17.5 Å². The van der Waals surface area contributed by atoms with E-state index < -0.39 is 0 Å². The molecule has 2 aromatic rings. The normalized spacial score (nSPS) is 12.1. The summed E-state index contributed by atoms with van der Waals surface area (Å²) in [6.45, 7) is 2.01. The summed E-state index contributed by atoms with van der Waals surface area (Å²) >= 11 is 1.73. The topological polar surface area (TPSA) is 38.9 Å². The highest BCUT2D eigenvalue weighted by Gasteiger charge is 2.06. The molecule has 2 aromatic heterocycles. The van der Waals surface area contributed by atoms with Crippen LogP contribution in [-0.4, -0.2) is 4.98 Å². The fourth-order valence-electron chi connectivity index (χ4n) is 1.53. The van der Waals surface area contributed by atoms with Crippen molar-refractivity contribution in [1.29, 1.82) is 0 Å². The van der Waals surface area contributed by atoms with Gasteiger partial charge in [0.1, 0.15) is 0 Å². The van der Waals surface area contributed by atoms with Crippen molar-refractivity contribution in [2.75, 3.05) is 0 Å². The first-order valence-corrected chi connectivity index (χ1v) is 5.56. The third kappa shape index (κ3) is 1.78. The van der Waals surface area contributed by atoms with Crippen LogP contribution in [0, 0.1) is 0 Å². The van der Waals surface area contributed by atoms with Crippen LogP contribution in [0.3, 0.4) is 0 Å². The molecule has 0 aliphatic rings. The average molecular weight is 216 g/mol. The lowest BCUT2D eigenvalue weighted by molar-refractivity contribution is 1.37. The van der Waals surface area contributed by atoms with E-state index in [4.69, 9.17) is 5.73 Å². The smallest absolute Gasteiger partial charge is 0.0538 e. The Morgan fingerprint density at radius 1 is 1.40 bits per heavy atom. The first-order valence-electron chi connectivity index (χ1n) is 4.74. The molecule has 0 amide bonds. The van der Waals surface area contributed by atoms with Crippen LogP contribution in [0.15, 0.2) is 30.7 Å². The van der Waals surface area contributed by atoms with Crippen LogP contribution in [0.25, 0.3) is 22.2 Å². The Balaban J connectivity index is 2.74.